The van der Waals surface area contributed by atoms with E-state index in [-0.39, 0.29) is 12.4 Å². The first-order chi connectivity index (χ1) is 24.0. The van der Waals surface area contributed by atoms with Crippen LogP contribution in [-0.2, 0) is 0 Å². The Bertz CT molecular complexity index is 1040. The summed E-state index contributed by atoms with van der Waals surface area (Å²) in [5.74, 6) is 0. The predicted molar refractivity (Wildman–Crippen MR) is 224 cm³/mol. The Morgan fingerprint density at radius 1 is 0.412 bits per heavy atom. The second kappa shape index (κ2) is 31.9. The minimum absolute atomic E-state index is 0. The van der Waals surface area contributed by atoms with Crippen LogP contribution in [0.2, 0.25) is 0 Å². The highest BCUT2D eigenvalue weighted by molar-refractivity contribution is 14.1. The van der Waals surface area contributed by atoms with E-state index in [1.807, 2.05) is 18.2 Å². The van der Waals surface area contributed by atoms with Crippen LogP contribution < -0.4 is 21.4 Å². The zero-order valence-electron chi connectivity index (χ0n) is 32.6. The second-order valence-electron chi connectivity index (χ2n) is 13.2. The van der Waals surface area contributed by atoms with Crippen LogP contribution in [0.4, 0.5) is 28.6 Å². The maximum absolute atomic E-state index is 9.75. The van der Waals surface area contributed by atoms with Gasteiger partial charge in [0.15, 0.2) is 0 Å². The fourth-order valence-electron chi connectivity index (χ4n) is 6.11. The minimum atomic E-state index is -6.00. The van der Waals surface area contributed by atoms with Gasteiger partial charge in [-0.15, -0.1) is 0 Å². The monoisotopic (exact) mass is 850 g/mol. The number of hydrogen-bond acceptors (Lipinski definition) is 0. The van der Waals surface area contributed by atoms with Gasteiger partial charge < -0.3 is 29.7 Å². The van der Waals surface area contributed by atoms with E-state index >= 15 is 0 Å². The third kappa shape index (κ3) is 25.1. The van der Waals surface area contributed by atoms with E-state index in [1.54, 1.807) is 0 Å². The van der Waals surface area contributed by atoms with Crippen molar-refractivity contribution in [3.63, 3.8) is 0 Å². The summed E-state index contributed by atoms with van der Waals surface area (Å²) >= 11 is 2.28. The van der Waals surface area contributed by atoms with Gasteiger partial charge in [0, 0.05) is 3.57 Å². The smallest absolute Gasteiger partial charge is 0.673 e. The maximum atomic E-state index is 9.75. The van der Waals surface area contributed by atoms with Crippen molar-refractivity contribution < 1.29 is 29.7 Å². The summed E-state index contributed by atoms with van der Waals surface area (Å²) < 4.78 is 42.7. The van der Waals surface area contributed by atoms with Crippen LogP contribution in [-0.4, -0.2) is 46.5 Å². The van der Waals surface area contributed by atoms with Crippen LogP contribution >= 0.6 is 22.6 Å². The number of unbranched alkanes of at least 4 members (excludes halogenated alkanes) is 6. The van der Waals surface area contributed by atoms with Gasteiger partial charge in [0.1, 0.15) is 11.4 Å². The SMILES string of the molecule is CCCC[N+](CCCC)(CCCC)c1ccccc1.CCCC[N+](CCCC)(CCCC)c1ccccc1.F[B-](F)(F)F.Ic1ccccc1.[Cl-]. The Kier molecular flexibility index (Phi) is 32.2. The lowest BCUT2D eigenvalue weighted by Crippen LogP contribution is -3.00. The Morgan fingerprint density at radius 2 is 0.608 bits per heavy atom. The van der Waals surface area contributed by atoms with E-state index in [2.05, 4.69) is 137 Å². The number of nitrogens with zero attached hydrogens (tertiary/aromatic N) is 2. The molecular formula is C42H69BClF4IN2. The maximum Gasteiger partial charge on any atom is 0.673 e. The molecule has 0 atom stereocenters. The van der Waals surface area contributed by atoms with E-state index in [9.17, 15) is 17.3 Å². The molecule has 0 aliphatic rings. The molecule has 0 aliphatic carbocycles. The molecule has 0 saturated heterocycles. The van der Waals surface area contributed by atoms with Crippen molar-refractivity contribution in [2.75, 3.05) is 39.3 Å². The normalized spacial score (nSPS) is 11.1. The van der Waals surface area contributed by atoms with E-state index < -0.39 is 7.25 Å². The first-order valence-electron chi connectivity index (χ1n) is 19.4. The number of benzene rings is 3. The summed E-state index contributed by atoms with van der Waals surface area (Å²) in [6, 6.07) is 32.6. The average Bonchev–Trinajstić information content (AvgIpc) is 3.12. The van der Waals surface area contributed by atoms with Gasteiger partial charge in [-0.25, -0.2) is 0 Å². The highest BCUT2D eigenvalue weighted by atomic mass is 127. The molecule has 0 bridgehead atoms. The van der Waals surface area contributed by atoms with Gasteiger partial charge in [-0.05, 0) is 97.5 Å². The first kappa shape index (κ1) is 51.5. The van der Waals surface area contributed by atoms with Crippen molar-refractivity contribution in [2.24, 2.45) is 0 Å². The van der Waals surface area contributed by atoms with Crippen molar-refractivity contribution in [3.05, 3.63) is 94.6 Å². The number of halogens is 6. The summed E-state index contributed by atoms with van der Waals surface area (Å²) in [4.78, 5) is 0. The van der Waals surface area contributed by atoms with Gasteiger partial charge in [0.25, 0.3) is 0 Å². The van der Waals surface area contributed by atoms with Crippen molar-refractivity contribution in [2.45, 2.75) is 119 Å². The average molecular weight is 851 g/mol. The molecule has 0 unspecified atom stereocenters. The van der Waals surface area contributed by atoms with Crippen molar-refractivity contribution >= 4 is 41.2 Å². The Balaban J connectivity index is 0. The van der Waals surface area contributed by atoms with Crippen LogP contribution in [0, 0.1) is 3.57 Å². The molecule has 292 valence electrons. The molecule has 3 aromatic rings. The van der Waals surface area contributed by atoms with Crippen LogP contribution in [0.25, 0.3) is 0 Å². The fraction of sp³-hybridized carbons (Fsp3) is 0.571. The van der Waals surface area contributed by atoms with Crippen LogP contribution in [0.1, 0.15) is 119 Å². The zero-order valence-corrected chi connectivity index (χ0v) is 35.5. The number of para-hydroxylation sites is 2. The van der Waals surface area contributed by atoms with E-state index in [0.29, 0.717) is 0 Å². The molecule has 0 fully saturated rings. The third-order valence-corrected chi connectivity index (χ3v) is 9.70. The molecule has 2 nitrogen and oxygen atoms in total. The first-order valence-corrected chi connectivity index (χ1v) is 20.5. The van der Waals surface area contributed by atoms with Crippen molar-refractivity contribution in [3.8, 4) is 0 Å². The van der Waals surface area contributed by atoms with E-state index in [4.69, 9.17) is 0 Å². The third-order valence-electron chi connectivity index (χ3n) is 8.98. The molecule has 0 saturated carbocycles. The Morgan fingerprint density at radius 3 is 0.765 bits per heavy atom. The summed E-state index contributed by atoms with van der Waals surface area (Å²) in [5, 5.41) is 0. The second-order valence-corrected chi connectivity index (χ2v) is 14.5. The van der Waals surface area contributed by atoms with Crippen LogP contribution in [0.15, 0.2) is 91.0 Å². The van der Waals surface area contributed by atoms with Crippen LogP contribution in [0.5, 0.6) is 0 Å². The fourth-order valence-corrected chi connectivity index (χ4v) is 6.53. The Labute approximate surface area is 330 Å². The predicted octanol–water partition coefficient (Wildman–Crippen LogP) is 11.4. The van der Waals surface area contributed by atoms with E-state index in [0.717, 1.165) is 0 Å². The van der Waals surface area contributed by atoms with Gasteiger partial charge in [0.2, 0.25) is 0 Å². The number of quaternary nitrogens is 2. The van der Waals surface area contributed by atoms with Gasteiger partial charge in [-0.1, -0.05) is 135 Å². The number of hydrogen-bond donors (Lipinski definition) is 0. The largest absolute Gasteiger partial charge is 1.00 e. The van der Waals surface area contributed by atoms with E-state index in [1.165, 1.54) is 140 Å². The minimum Gasteiger partial charge on any atom is -1.00 e. The van der Waals surface area contributed by atoms with Gasteiger partial charge in [-0.2, -0.15) is 0 Å². The molecule has 3 rings (SSSR count). The molecule has 0 aromatic heterocycles. The highest BCUT2D eigenvalue weighted by Crippen LogP contribution is 2.27. The molecule has 0 radical (unpaired) electrons. The lowest BCUT2D eigenvalue weighted by atomic mass is 10.1. The van der Waals surface area contributed by atoms with Gasteiger partial charge >= 0.3 is 7.25 Å². The molecule has 0 spiro atoms. The summed E-state index contributed by atoms with van der Waals surface area (Å²) in [6.07, 6.45) is 15.8. The lowest BCUT2D eigenvalue weighted by molar-refractivity contribution is -0.0000162. The number of rotatable bonds is 20. The molecule has 0 amide bonds. The lowest BCUT2D eigenvalue weighted by Gasteiger charge is -2.38. The van der Waals surface area contributed by atoms with Gasteiger partial charge in [-0.3, -0.25) is 8.97 Å². The topological polar surface area (TPSA) is 0 Å². The van der Waals surface area contributed by atoms with Gasteiger partial charge in [0.05, 0.1) is 39.3 Å². The molecule has 0 aliphatic heterocycles. The molecule has 3 aromatic carbocycles. The Hall–Kier alpha value is -1.62. The summed E-state index contributed by atoms with van der Waals surface area (Å²) in [5.41, 5.74) is 3.05. The molecule has 0 heterocycles. The quantitative estimate of drug-likeness (QED) is 0.0460. The van der Waals surface area contributed by atoms with Crippen molar-refractivity contribution in [1.82, 2.24) is 8.97 Å². The molecule has 9 heteroatoms. The molecular weight excluding hydrogens is 782 g/mol. The summed E-state index contributed by atoms with van der Waals surface area (Å²) in [7, 11) is -6.00. The molecule has 0 N–H and O–H groups in total. The highest BCUT2D eigenvalue weighted by Gasteiger charge is 2.29. The zero-order chi connectivity index (χ0) is 37.6. The molecule has 51 heavy (non-hydrogen) atoms. The standard InChI is InChI=1S/2C18H32N.C6H5I.BF4.ClH/c2*1-4-7-15-19(16-8-5-2,17-9-6-3)18-13-11-10-12-14-18;7-6-4-2-1-3-5-6;2-1(3,4)5;/h2*10-14H,4-9,15-17H2,1-3H3;1-5H;;1H/q2*+1;;-1;/p-1. The van der Waals surface area contributed by atoms with Crippen LogP contribution in [0.3, 0.4) is 0 Å². The summed E-state index contributed by atoms with van der Waals surface area (Å²) in [6.45, 7) is 21.7. The van der Waals surface area contributed by atoms with Crippen molar-refractivity contribution in [1.29, 1.82) is 0 Å².